The number of hydrogen-bond donors (Lipinski definition) is 0. The molecule has 0 radical (unpaired) electrons. The molecule has 0 aromatic heterocycles. The highest BCUT2D eigenvalue weighted by Crippen LogP contribution is 2.15. The largest absolute Gasteiger partial charge is 0.348 e. The summed E-state index contributed by atoms with van der Waals surface area (Å²) in [5.41, 5.74) is 0. The van der Waals surface area contributed by atoms with E-state index in [0.717, 1.165) is 6.42 Å². The summed E-state index contributed by atoms with van der Waals surface area (Å²) in [5, 5.41) is 0. The Balaban J connectivity index is 1.80. The second kappa shape index (κ2) is 4.15. The molecule has 5 heteroatoms. The van der Waals surface area contributed by atoms with Gasteiger partial charge in [-0.25, -0.2) is 0 Å². The highest BCUT2D eigenvalue weighted by atomic mass is 16.9. The first kappa shape index (κ1) is 8.40. The molecule has 0 unspecified atom stereocenters. The van der Waals surface area contributed by atoms with E-state index in [4.69, 9.17) is 23.7 Å². The fourth-order valence-electron chi connectivity index (χ4n) is 1.13. The molecule has 0 saturated carbocycles. The van der Waals surface area contributed by atoms with Crippen molar-refractivity contribution in [3.8, 4) is 0 Å². The molecule has 5 nitrogen and oxygen atoms in total. The fraction of sp³-hybridized carbons (Fsp3) is 1.00. The minimum absolute atomic E-state index is 0.244. The molecule has 2 heterocycles. The zero-order chi connectivity index (χ0) is 8.23. The maximum Gasteiger partial charge on any atom is 0.213 e. The standard InChI is InChI=1S/C7H12O5/c1-2-9-6(10-3-1)7-11-4-8-5-12-7/h6-7H,1-5H2. The summed E-state index contributed by atoms with van der Waals surface area (Å²) in [5.74, 6) is 0. The zero-order valence-electron chi connectivity index (χ0n) is 6.73. The molecule has 12 heavy (non-hydrogen) atoms. The third kappa shape index (κ3) is 1.94. The number of ether oxygens (including phenoxy) is 5. The van der Waals surface area contributed by atoms with Crippen LogP contribution >= 0.6 is 0 Å². The average molecular weight is 176 g/mol. The van der Waals surface area contributed by atoms with Crippen molar-refractivity contribution in [1.82, 2.24) is 0 Å². The summed E-state index contributed by atoms with van der Waals surface area (Å²) in [7, 11) is 0. The molecule has 2 saturated heterocycles. The van der Waals surface area contributed by atoms with Gasteiger partial charge in [0.2, 0.25) is 12.6 Å². The summed E-state index contributed by atoms with van der Waals surface area (Å²) in [6.45, 7) is 1.89. The van der Waals surface area contributed by atoms with E-state index >= 15 is 0 Å². The topological polar surface area (TPSA) is 46.2 Å². The van der Waals surface area contributed by atoms with Gasteiger partial charge in [0, 0.05) is 0 Å². The molecule has 0 aromatic rings. The van der Waals surface area contributed by atoms with Gasteiger partial charge in [0.15, 0.2) is 13.6 Å². The van der Waals surface area contributed by atoms with E-state index in [9.17, 15) is 0 Å². The van der Waals surface area contributed by atoms with Gasteiger partial charge in [0.1, 0.15) is 0 Å². The van der Waals surface area contributed by atoms with Crippen LogP contribution in [0.15, 0.2) is 0 Å². The normalized spacial score (nSPS) is 29.0. The molecular weight excluding hydrogens is 164 g/mol. The monoisotopic (exact) mass is 176 g/mol. The van der Waals surface area contributed by atoms with Crippen LogP contribution in [0.1, 0.15) is 6.42 Å². The summed E-state index contributed by atoms with van der Waals surface area (Å²) < 4.78 is 25.7. The quantitative estimate of drug-likeness (QED) is 0.565. The molecule has 2 fully saturated rings. The van der Waals surface area contributed by atoms with Gasteiger partial charge in [-0.1, -0.05) is 0 Å². The molecule has 0 amide bonds. The summed E-state index contributed by atoms with van der Waals surface area (Å²) in [6.07, 6.45) is 0.112. The smallest absolute Gasteiger partial charge is 0.213 e. The highest BCUT2D eigenvalue weighted by molar-refractivity contribution is 4.56. The molecule has 0 atom stereocenters. The van der Waals surface area contributed by atoms with Gasteiger partial charge < -0.3 is 23.7 Å². The molecule has 2 aliphatic rings. The molecule has 0 bridgehead atoms. The van der Waals surface area contributed by atoms with E-state index < -0.39 is 6.29 Å². The predicted molar refractivity (Wildman–Crippen MR) is 37.1 cm³/mol. The van der Waals surface area contributed by atoms with Crippen LogP contribution in [0.5, 0.6) is 0 Å². The lowest BCUT2D eigenvalue weighted by Crippen LogP contribution is -2.42. The number of hydrogen-bond acceptors (Lipinski definition) is 5. The lowest BCUT2D eigenvalue weighted by molar-refractivity contribution is -0.370. The summed E-state index contributed by atoms with van der Waals surface area (Å²) >= 11 is 0. The van der Waals surface area contributed by atoms with Gasteiger partial charge in [-0.15, -0.1) is 0 Å². The van der Waals surface area contributed by atoms with Crippen molar-refractivity contribution in [2.75, 3.05) is 26.8 Å². The van der Waals surface area contributed by atoms with Gasteiger partial charge in [-0.3, -0.25) is 0 Å². The van der Waals surface area contributed by atoms with Crippen molar-refractivity contribution in [3.05, 3.63) is 0 Å². The van der Waals surface area contributed by atoms with E-state index in [1.807, 2.05) is 0 Å². The van der Waals surface area contributed by atoms with Crippen molar-refractivity contribution < 1.29 is 23.7 Å². The van der Waals surface area contributed by atoms with E-state index in [0.29, 0.717) is 13.2 Å². The molecule has 0 N–H and O–H groups in total. The third-order valence-corrected chi connectivity index (χ3v) is 1.71. The van der Waals surface area contributed by atoms with Crippen LogP contribution in [0.3, 0.4) is 0 Å². The van der Waals surface area contributed by atoms with Crippen LogP contribution in [0, 0.1) is 0 Å². The van der Waals surface area contributed by atoms with Gasteiger partial charge in [-0.2, -0.15) is 0 Å². The summed E-state index contributed by atoms with van der Waals surface area (Å²) in [6, 6.07) is 0. The Morgan fingerprint density at radius 1 is 0.750 bits per heavy atom. The van der Waals surface area contributed by atoms with Crippen LogP contribution in [0.2, 0.25) is 0 Å². The average Bonchev–Trinajstić information content (AvgIpc) is 2.21. The molecule has 2 rings (SSSR count). The lowest BCUT2D eigenvalue weighted by atomic mass is 10.4. The van der Waals surface area contributed by atoms with Crippen LogP contribution in [-0.2, 0) is 23.7 Å². The zero-order valence-corrected chi connectivity index (χ0v) is 6.73. The molecule has 0 spiro atoms. The minimum atomic E-state index is -0.431. The van der Waals surface area contributed by atoms with E-state index in [-0.39, 0.29) is 19.9 Å². The molecule has 70 valence electrons. The van der Waals surface area contributed by atoms with E-state index in [1.165, 1.54) is 0 Å². The van der Waals surface area contributed by atoms with Gasteiger partial charge >= 0.3 is 0 Å². The molecule has 0 aromatic carbocycles. The Morgan fingerprint density at radius 3 is 2.00 bits per heavy atom. The molecule has 0 aliphatic carbocycles. The van der Waals surface area contributed by atoms with Gasteiger partial charge in [0.05, 0.1) is 13.2 Å². The second-order valence-corrected chi connectivity index (χ2v) is 2.61. The van der Waals surface area contributed by atoms with E-state index in [1.54, 1.807) is 0 Å². The van der Waals surface area contributed by atoms with Gasteiger partial charge in [-0.05, 0) is 6.42 Å². The van der Waals surface area contributed by atoms with Crippen molar-refractivity contribution in [2.24, 2.45) is 0 Å². The maximum absolute atomic E-state index is 5.29. The minimum Gasteiger partial charge on any atom is -0.348 e. The number of rotatable bonds is 1. The van der Waals surface area contributed by atoms with Crippen LogP contribution in [0.4, 0.5) is 0 Å². The Kier molecular flexibility index (Phi) is 2.91. The SMILES string of the molecule is C1COC(C2OCOCO2)OC1. The summed E-state index contributed by atoms with van der Waals surface area (Å²) in [4.78, 5) is 0. The van der Waals surface area contributed by atoms with Crippen molar-refractivity contribution in [3.63, 3.8) is 0 Å². The first-order valence-corrected chi connectivity index (χ1v) is 4.01. The fourth-order valence-corrected chi connectivity index (χ4v) is 1.13. The Bertz CT molecular complexity index is 112. The van der Waals surface area contributed by atoms with Crippen molar-refractivity contribution in [1.29, 1.82) is 0 Å². The van der Waals surface area contributed by atoms with E-state index in [2.05, 4.69) is 0 Å². The van der Waals surface area contributed by atoms with Gasteiger partial charge in [0.25, 0.3) is 0 Å². The second-order valence-electron chi connectivity index (χ2n) is 2.61. The lowest BCUT2D eigenvalue weighted by Gasteiger charge is -2.32. The van der Waals surface area contributed by atoms with Crippen molar-refractivity contribution in [2.45, 2.75) is 19.0 Å². The third-order valence-electron chi connectivity index (χ3n) is 1.71. The predicted octanol–water partition coefficient (Wildman–Crippen LogP) is 0.0539. The Morgan fingerprint density at radius 2 is 1.33 bits per heavy atom. The highest BCUT2D eigenvalue weighted by Gasteiger charge is 2.29. The first-order valence-electron chi connectivity index (χ1n) is 4.01. The first-order chi connectivity index (χ1) is 5.97. The van der Waals surface area contributed by atoms with Crippen molar-refractivity contribution >= 4 is 0 Å². The van der Waals surface area contributed by atoms with Crippen LogP contribution < -0.4 is 0 Å². The molecular formula is C7H12O5. The van der Waals surface area contributed by atoms with Crippen LogP contribution in [0.25, 0.3) is 0 Å². The molecule has 2 aliphatic heterocycles. The Labute approximate surface area is 70.5 Å². The maximum atomic E-state index is 5.29. The Hall–Kier alpha value is -0.200. The van der Waals surface area contributed by atoms with Crippen LogP contribution in [-0.4, -0.2) is 39.4 Å².